The number of nitrogens with zero attached hydrogens (tertiary/aromatic N) is 2. The van der Waals surface area contributed by atoms with Crippen LogP contribution < -0.4 is 14.8 Å². The fourth-order valence-corrected chi connectivity index (χ4v) is 3.07. The van der Waals surface area contributed by atoms with E-state index in [1.54, 1.807) is 37.8 Å². The first-order valence-electron chi connectivity index (χ1n) is 8.32. The summed E-state index contributed by atoms with van der Waals surface area (Å²) in [7, 11) is 5.91. The van der Waals surface area contributed by atoms with E-state index < -0.39 is 5.97 Å². The van der Waals surface area contributed by atoms with Crippen LogP contribution in [0.15, 0.2) is 23.6 Å². The summed E-state index contributed by atoms with van der Waals surface area (Å²) in [6.07, 6.45) is 0. The lowest BCUT2D eigenvalue weighted by Gasteiger charge is -2.22. The van der Waals surface area contributed by atoms with Gasteiger partial charge in [-0.05, 0) is 12.1 Å². The van der Waals surface area contributed by atoms with Gasteiger partial charge in [0.1, 0.15) is 16.5 Å². The number of hydrogen-bond donors (Lipinski definition) is 1. The number of thiazole rings is 1. The maximum absolute atomic E-state index is 12.8. The molecule has 0 aliphatic heterocycles. The van der Waals surface area contributed by atoms with Crippen LogP contribution in [-0.4, -0.2) is 63.5 Å². The van der Waals surface area contributed by atoms with Crippen molar-refractivity contribution in [3.05, 3.63) is 34.3 Å². The van der Waals surface area contributed by atoms with Gasteiger partial charge >= 0.3 is 12.0 Å². The Hall–Kier alpha value is -2.85. The summed E-state index contributed by atoms with van der Waals surface area (Å²) >= 11 is 1.28. The van der Waals surface area contributed by atoms with Crippen molar-refractivity contribution in [3.63, 3.8) is 0 Å². The van der Waals surface area contributed by atoms with Gasteiger partial charge in [-0.25, -0.2) is 14.6 Å². The number of anilines is 1. The van der Waals surface area contributed by atoms with E-state index in [0.717, 1.165) is 0 Å². The van der Waals surface area contributed by atoms with Crippen molar-refractivity contribution in [1.29, 1.82) is 0 Å². The zero-order valence-corrected chi connectivity index (χ0v) is 17.0. The minimum Gasteiger partial charge on any atom is -0.497 e. The molecule has 1 N–H and O–H groups in total. The SMILES string of the molecule is COCCN(Cc1nc(C(=O)OC)cs1)C(=O)Nc1ccc(OC)cc1OC. The molecule has 152 valence electrons. The molecule has 28 heavy (non-hydrogen) atoms. The van der Waals surface area contributed by atoms with Crippen molar-refractivity contribution < 1.29 is 28.5 Å². The van der Waals surface area contributed by atoms with Gasteiger partial charge in [0.2, 0.25) is 0 Å². The van der Waals surface area contributed by atoms with Crippen molar-refractivity contribution >= 4 is 29.0 Å². The van der Waals surface area contributed by atoms with E-state index in [2.05, 4.69) is 15.0 Å². The molecule has 2 amide bonds. The molecule has 0 radical (unpaired) electrons. The summed E-state index contributed by atoms with van der Waals surface area (Å²) < 4.78 is 20.2. The van der Waals surface area contributed by atoms with Crippen LogP contribution in [0, 0.1) is 0 Å². The summed E-state index contributed by atoms with van der Waals surface area (Å²) in [5.41, 5.74) is 0.719. The zero-order chi connectivity index (χ0) is 20.5. The Morgan fingerprint density at radius 3 is 2.61 bits per heavy atom. The van der Waals surface area contributed by atoms with E-state index in [0.29, 0.717) is 35.3 Å². The third-order valence-corrected chi connectivity index (χ3v) is 4.61. The zero-order valence-electron chi connectivity index (χ0n) is 16.2. The number of carbonyl (C=O) groups is 2. The second-order valence-corrected chi connectivity index (χ2v) is 6.47. The minimum absolute atomic E-state index is 0.214. The fraction of sp³-hybridized carbons (Fsp3) is 0.389. The molecular weight excluding hydrogens is 386 g/mol. The molecule has 1 aromatic carbocycles. The van der Waals surface area contributed by atoms with Crippen LogP contribution in [0.3, 0.4) is 0 Å². The normalized spacial score (nSPS) is 10.3. The monoisotopic (exact) mass is 409 g/mol. The van der Waals surface area contributed by atoms with Crippen LogP contribution in [0.2, 0.25) is 0 Å². The molecule has 2 aromatic rings. The molecule has 0 saturated heterocycles. The van der Waals surface area contributed by atoms with Crippen LogP contribution >= 0.6 is 11.3 Å². The molecule has 0 spiro atoms. The largest absolute Gasteiger partial charge is 0.497 e. The highest BCUT2D eigenvalue weighted by Gasteiger charge is 2.19. The van der Waals surface area contributed by atoms with Crippen LogP contribution in [0.1, 0.15) is 15.5 Å². The Morgan fingerprint density at radius 1 is 1.18 bits per heavy atom. The van der Waals surface area contributed by atoms with E-state index in [4.69, 9.17) is 14.2 Å². The van der Waals surface area contributed by atoms with Gasteiger partial charge in [0.15, 0.2) is 5.69 Å². The molecule has 0 aliphatic carbocycles. The number of carbonyl (C=O) groups excluding carboxylic acids is 2. The fourth-order valence-electron chi connectivity index (χ4n) is 2.30. The predicted octanol–water partition coefficient (Wildman–Crippen LogP) is 2.63. The number of esters is 1. The Bertz CT molecular complexity index is 810. The third kappa shape index (κ3) is 5.57. The standard InChI is InChI=1S/C18H23N3O6S/c1-24-8-7-21(10-16-19-14(11-28-16)17(22)27-4)18(23)20-13-6-5-12(25-2)9-15(13)26-3/h5-6,9,11H,7-8,10H2,1-4H3,(H,20,23). The van der Waals surface area contributed by atoms with E-state index in [-0.39, 0.29) is 18.3 Å². The second-order valence-electron chi connectivity index (χ2n) is 5.53. The number of urea groups is 1. The molecule has 10 heteroatoms. The highest BCUT2D eigenvalue weighted by molar-refractivity contribution is 7.09. The average molecular weight is 409 g/mol. The summed E-state index contributed by atoms with van der Waals surface area (Å²) in [5, 5.41) is 5.02. The van der Waals surface area contributed by atoms with Gasteiger partial charge in [-0.3, -0.25) is 0 Å². The van der Waals surface area contributed by atoms with E-state index in [1.165, 1.54) is 30.5 Å². The van der Waals surface area contributed by atoms with Gasteiger partial charge in [0.05, 0.1) is 40.2 Å². The Labute approximate surface area is 167 Å². The highest BCUT2D eigenvalue weighted by atomic mass is 32.1. The lowest BCUT2D eigenvalue weighted by molar-refractivity contribution is 0.0594. The summed E-state index contributed by atoms with van der Waals surface area (Å²) in [6, 6.07) is 4.75. The number of aromatic nitrogens is 1. The minimum atomic E-state index is -0.515. The molecule has 2 rings (SSSR count). The van der Waals surface area contributed by atoms with Gasteiger partial charge in [-0.15, -0.1) is 11.3 Å². The lowest BCUT2D eigenvalue weighted by Crippen LogP contribution is -2.37. The van der Waals surface area contributed by atoms with Gasteiger partial charge in [0.25, 0.3) is 0 Å². The smallest absolute Gasteiger partial charge is 0.357 e. The van der Waals surface area contributed by atoms with Crippen molar-refractivity contribution in [2.45, 2.75) is 6.54 Å². The maximum Gasteiger partial charge on any atom is 0.357 e. The van der Waals surface area contributed by atoms with Crippen molar-refractivity contribution in [1.82, 2.24) is 9.88 Å². The first-order chi connectivity index (χ1) is 13.5. The van der Waals surface area contributed by atoms with Crippen LogP contribution in [0.4, 0.5) is 10.5 Å². The van der Waals surface area contributed by atoms with Crippen molar-refractivity contribution in [2.24, 2.45) is 0 Å². The number of hydrogen-bond acceptors (Lipinski definition) is 8. The van der Waals surface area contributed by atoms with Crippen LogP contribution in [0.5, 0.6) is 11.5 Å². The molecular formula is C18H23N3O6S. The van der Waals surface area contributed by atoms with E-state index in [1.807, 2.05) is 0 Å². The molecule has 9 nitrogen and oxygen atoms in total. The molecule has 0 bridgehead atoms. The van der Waals surface area contributed by atoms with Gasteiger partial charge in [-0.2, -0.15) is 0 Å². The summed E-state index contributed by atoms with van der Waals surface area (Å²) in [6.45, 7) is 0.908. The molecule has 0 fully saturated rings. The topological polar surface area (TPSA) is 99.2 Å². The summed E-state index contributed by atoms with van der Waals surface area (Å²) in [5.74, 6) is 0.573. The average Bonchev–Trinajstić information content (AvgIpc) is 3.19. The Morgan fingerprint density at radius 2 is 1.96 bits per heavy atom. The number of amides is 2. The lowest BCUT2D eigenvalue weighted by atomic mass is 10.2. The number of rotatable bonds is 9. The van der Waals surface area contributed by atoms with Gasteiger partial charge < -0.3 is 29.2 Å². The van der Waals surface area contributed by atoms with Crippen molar-refractivity contribution in [3.8, 4) is 11.5 Å². The predicted molar refractivity (Wildman–Crippen MR) is 104 cm³/mol. The molecule has 0 aliphatic rings. The maximum atomic E-state index is 12.8. The van der Waals surface area contributed by atoms with Crippen LogP contribution in [0.25, 0.3) is 0 Å². The van der Waals surface area contributed by atoms with Gasteiger partial charge in [-0.1, -0.05) is 0 Å². The van der Waals surface area contributed by atoms with Crippen molar-refractivity contribution in [2.75, 3.05) is 46.9 Å². The molecule has 0 unspecified atom stereocenters. The molecule has 1 heterocycles. The quantitative estimate of drug-likeness (QED) is 0.636. The third-order valence-electron chi connectivity index (χ3n) is 3.78. The Kier molecular flexibility index (Phi) is 8.02. The first kappa shape index (κ1) is 21.5. The van der Waals surface area contributed by atoms with Crippen LogP contribution in [-0.2, 0) is 16.0 Å². The Balaban J connectivity index is 2.14. The van der Waals surface area contributed by atoms with Gasteiger partial charge in [0, 0.05) is 25.1 Å². The van der Waals surface area contributed by atoms with E-state index in [9.17, 15) is 9.59 Å². The second kappa shape index (κ2) is 10.5. The molecule has 1 aromatic heterocycles. The van der Waals surface area contributed by atoms with E-state index >= 15 is 0 Å². The number of methoxy groups -OCH3 is 4. The molecule has 0 atom stereocenters. The highest BCUT2D eigenvalue weighted by Crippen LogP contribution is 2.29. The number of benzene rings is 1. The number of nitrogens with one attached hydrogen (secondary N) is 1. The number of ether oxygens (including phenoxy) is 4. The summed E-state index contributed by atoms with van der Waals surface area (Å²) in [4.78, 5) is 30.1. The molecule has 0 saturated carbocycles. The first-order valence-corrected chi connectivity index (χ1v) is 9.20.